The molecule has 1 aromatic carbocycles. The van der Waals surface area contributed by atoms with Gasteiger partial charge in [-0.25, -0.2) is 0 Å². The van der Waals surface area contributed by atoms with Crippen molar-refractivity contribution in [3.63, 3.8) is 0 Å². The molecule has 0 spiro atoms. The second-order valence-electron chi connectivity index (χ2n) is 6.31. The number of ketones is 1. The van der Waals surface area contributed by atoms with Crippen LogP contribution in [0.3, 0.4) is 0 Å². The van der Waals surface area contributed by atoms with E-state index in [0.29, 0.717) is 28.5 Å². The highest BCUT2D eigenvalue weighted by Gasteiger charge is 2.20. The number of carboxylic acids is 1. The molecule has 0 aliphatic carbocycles. The van der Waals surface area contributed by atoms with E-state index in [-0.39, 0.29) is 12.2 Å². The lowest BCUT2D eigenvalue weighted by Crippen LogP contribution is -2.20. The van der Waals surface area contributed by atoms with Gasteiger partial charge in [-0.3, -0.25) is 9.59 Å². The summed E-state index contributed by atoms with van der Waals surface area (Å²) < 4.78 is 0. The lowest BCUT2D eigenvalue weighted by molar-refractivity contribution is -0.136. The van der Waals surface area contributed by atoms with E-state index in [4.69, 9.17) is 28.3 Å². The number of aliphatic carboxylic acids is 1. The van der Waals surface area contributed by atoms with Gasteiger partial charge in [0.15, 0.2) is 5.78 Å². The van der Waals surface area contributed by atoms with Crippen molar-refractivity contribution < 1.29 is 14.7 Å². The van der Waals surface area contributed by atoms with Gasteiger partial charge in [0.1, 0.15) is 0 Å². The fraction of sp³-hybridized carbons (Fsp3) is 0.467. The third-order valence-corrected chi connectivity index (χ3v) is 5.46. The largest absolute Gasteiger partial charge is 0.481 e. The second kappa shape index (κ2) is 7.43. The number of carbonyl (C=O) groups excluding carboxylic acids is 1. The molecule has 116 valence electrons. The molecule has 1 N–H and O–H groups in total. The topological polar surface area (TPSA) is 54.4 Å². The van der Waals surface area contributed by atoms with Gasteiger partial charge in [0.2, 0.25) is 0 Å². The van der Waals surface area contributed by atoms with E-state index in [9.17, 15) is 9.59 Å². The van der Waals surface area contributed by atoms with E-state index in [2.05, 4.69) is 19.6 Å². The highest BCUT2D eigenvalue weighted by Crippen LogP contribution is 2.29. The Morgan fingerprint density at radius 2 is 1.62 bits per heavy atom. The molecule has 0 radical (unpaired) electrons. The number of Topliss-reactive ketones (excluding diaryl/α,β-unsaturated/α-hetero) is 1. The molecular weight excluding hydrogens is 327 g/mol. The monoisotopic (exact) mass is 346 g/mol. The number of carbonyl (C=O) groups is 2. The maximum absolute atomic E-state index is 12.3. The van der Waals surface area contributed by atoms with Crippen molar-refractivity contribution in [1.82, 2.24) is 0 Å². The Balaban J connectivity index is 2.89. The Morgan fingerprint density at radius 3 is 2.05 bits per heavy atom. The molecule has 0 amide bonds. The highest BCUT2D eigenvalue weighted by atomic mass is 35.5. The Morgan fingerprint density at radius 1 is 1.10 bits per heavy atom. The van der Waals surface area contributed by atoms with Crippen LogP contribution in [0.5, 0.6) is 0 Å². The van der Waals surface area contributed by atoms with Crippen LogP contribution in [0.1, 0.15) is 28.8 Å². The fourth-order valence-corrected chi connectivity index (χ4v) is 3.62. The third-order valence-electron chi connectivity index (χ3n) is 3.11. The zero-order chi connectivity index (χ0) is 16.2. The quantitative estimate of drug-likeness (QED) is 0.562. The van der Waals surface area contributed by atoms with Crippen LogP contribution >= 0.6 is 23.2 Å². The first kappa shape index (κ1) is 18.2. The maximum Gasteiger partial charge on any atom is 0.303 e. The molecule has 0 fully saturated rings. The lowest BCUT2D eigenvalue weighted by atomic mass is 10.0. The van der Waals surface area contributed by atoms with Gasteiger partial charge in [0.05, 0.1) is 15.6 Å². The van der Waals surface area contributed by atoms with Crippen LogP contribution in [-0.2, 0) is 11.2 Å². The van der Waals surface area contributed by atoms with Crippen LogP contribution in [0.2, 0.25) is 35.7 Å². The van der Waals surface area contributed by atoms with Crippen molar-refractivity contribution in [1.29, 1.82) is 0 Å². The van der Waals surface area contributed by atoms with Crippen molar-refractivity contribution in [3.05, 3.63) is 33.3 Å². The van der Waals surface area contributed by atoms with Crippen LogP contribution in [0, 0.1) is 0 Å². The Bertz CT molecular complexity index is 527. The molecule has 0 bridgehead atoms. The predicted molar refractivity (Wildman–Crippen MR) is 89.5 cm³/mol. The summed E-state index contributed by atoms with van der Waals surface area (Å²) in [4.78, 5) is 22.9. The predicted octanol–water partition coefficient (Wildman–Crippen LogP) is 4.92. The van der Waals surface area contributed by atoms with Crippen molar-refractivity contribution in [2.24, 2.45) is 0 Å². The molecular formula is C15H20Cl2O3Si. The van der Waals surface area contributed by atoms with Crippen molar-refractivity contribution in [2.45, 2.75) is 44.9 Å². The fourth-order valence-electron chi connectivity index (χ4n) is 1.90. The molecule has 0 aromatic heterocycles. The zero-order valence-electron chi connectivity index (χ0n) is 12.5. The lowest BCUT2D eigenvalue weighted by Gasteiger charge is -2.15. The van der Waals surface area contributed by atoms with Gasteiger partial charge >= 0.3 is 5.97 Å². The van der Waals surface area contributed by atoms with Gasteiger partial charge in [-0.1, -0.05) is 48.9 Å². The first-order valence-corrected chi connectivity index (χ1v) is 11.3. The van der Waals surface area contributed by atoms with Gasteiger partial charge in [-0.2, -0.15) is 0 Å². The molecule has 0 saturated carbocycles. The number of hydrogen-bond acceptors (Lipinski definition) is 2. The number of halogens is 2. The molecule has 0 saturated heterocycles. The standard InChI is InChI=1S/C15H20Cl2O3Si/c1-21(2,3)7-6-13(18)15-11(16)8-10(9-12(15)17)4-5-14(19)20/h8-9H,4-7H2,1-3H3,(H,19,20). The molecule has 0 atom stereocenters. The summed E-state index contributed by atoms with van der Waals surface area (Å²) in [7, 11) is -1.30. The van der Waals surface area contributed by atoms with E-state index < -0.39 is 14.0 Å². The number of rotatable bonds is 7. The molecule has 0 aliphatic rings. The minimum absolute atomic E-state index is 0.00950. The normalized spacial score (nSPS) is 11.5. The van der Waals surface area contributed by atoms with Crippen molar-refractivity contribution in [3.8, 4) is 0 Å². The summed E-state index contributed by atoms with van der Waals surface area (Å²) in [6, 6.07) is 4.16. The highest BCUT2D eigenvalue weighted by molar-refractivity contribution is 6.76. The summed E-state index contributed by atoms with van der Waals surface area (Å²) in [5, 5.41) is 9.30. The SMILES string of the molecule is C[Si](C)(C)CCC(=O)c1c(Cl)cc(CCC(=O)O)cc1Cl. The van der Waals surface area contributed by atoms with E-state index in [1.807, 2.05) is 0 Å². The Labute approximate surface area is 136 Å². The molecule has 0 heterocycles. The number of aryl methyl sites for hydroxylation is 1. The minimum Gasteiger partial charge on any atom is -0.481 e. The van der Waals surface area contributed by atoms with Gasteiger partial charge in [-0.15, -0.1) is 0 Å². The first-order valence-electron chi connectivity index (χ1n) is 6.83. The van der Waals surface area contributed by atoms with Crippen LogP contribution in [0.25, 0.3) is 0 Å². The van der Waals surface area contributed by atoms with E-state index in [1.54, 1.807) is 12.1 Å². The van der Waals surface area contributed by atoms with Crippen molar-refractivity contribution >= 4 is 43.0 Å². The maximum atomic E-state index is 12.3. The van der Waals surface area contributed by atoms with Crippen LogP contribution in [0.15, 0.2) is 12.1 Å². The summed E-state index contributed by atoms with van der Waals surface area (Å²) in [5.41, 5.74) is 1.09. The number of benzene rings is 1. The van der Waals surface area contributed by atoms with Gasteiger partial charge in [0.25, 0.3) is 0 Å². The van der Waals surface area contributed by atoms with E-state index in [0.717, 1.165) is 11.6 Å². The third kappa shape index (κ3) is 6.20. The molecule has 3 nitrogen and oxygen atoms in total. The molecule has 0 aliphatic heterocycles. The molecule has 21 heavy (non-hydrogen) atoms. The van der Waals surface area contributed by atoms with Gasteiger partial charge < -0.3 is 5.11 Å². The van der Waals surface area contributed by atoms with Crippen LogP contribution in [-0.4, -0.2) is 24.9 Å². The van der Waals surface area contributed by atoms with Crippen molar-refractivity contribution in [2.75, 3.05) is 0 Å². The van der Waals surface area contributed by atoms with E-state index >= 15 is 0 Å². The number of hydrogen-bond donors (Lipinski definition) is 1. The van der Waals surface area contributed by atoms with E-state index in [1.165, 1.54) is 0 Å². The molecule has 1 aromatic rings. The first-order chi connectivity index (χ1) is 9.60. The second-order valence-corrected chi connectivity index (χ2v) is 12.7. The Kier molecular flexibility index (Phi) is 6.44. The molecule has 1 rings (SSSR count). The average Bonchev–Trinajstić information content (AvgIpc) is 2.32. The van der Waals surface area contributed by atoms with Gasteiger partial charge in [-0.05, 0) is 24.1 Å². The summed E-state index contributed by atoms with van der Waals surface area (Å²) in [5.74, 6) is -0.922. The summed E-state index contributed by atoms with van der Waals surface area (Å²) in [6.45, 7) is 6.62. The molecule has 6 heteroatoms. The van der Waals surface area contributed by atoms with Gasteiger partial charge in [0, 0.05) is 20.9 Å². The minimum atomic E-state index is -1.30. The molecule has 0 unspecified atom stereocenters. The summed E-state index contributed by atoms with van der Waals surface area (Å²) in [6.07, 6.45) is 0.803. The smallest absolute Gasteiger partial charge is 0.303 e. The Hall–Kier alpha value is -0.843. The van der Waals surface area contributed by atoms with Crippen LogP contribution < -0.4 is 0 Å². The average molecular weight is 347 g/mol. The zero-order valence-corrected chi connectivity index (χ0v) is 15.0. The van der Waals surface area contributed by atoms with Crippen LogP contribution in [0.4, 0.5) is 0 Å². The number of carboxylic acid groups (broad SMARTS) is 1. The summed E-state index contributed by atoms with van der Waals surface area (Å²) >= 11 is 12.3.